The van der Waals surface area contributed by atoms with Crippen LogP contribution in [-0.4, -0.2) is 11.2 Å². The Balaban J connectivity index is 2.08. The van der Waals surface area contributed by atoms with Crippen molar-refractivity contribution in [3.63, 3.8) is 0 Å². The standard InChI is InChI=1S/C18H23NO2/c1-18(2,3)17(20)16(19)13-9-11-15(12-10-13)21-14-7-5-4-6-8-14/h4-12,16-17,20H,19H2,1-3H3/t16-,17-/m0/s1. The molecule has 3 heteroatoms. The van der Waals surface area contributed by atoms with E-state index in [4.69, 9.17) is 10.5 Å². The lowest BCUT2D eigenvalue weighted by molar-refractivity contribution is 0.0401. The molecule has 0 heterocycles. The zero-order valence-electron chi connectivity index (χ0n) is 12.8. The number of benzene rings is 2. The van der Waals surface area contributed by atoms with E-state index in [0.29, 0.717) is 0 Å². The van der Waals surface area contributed by atoms with Gasteiger partial charge in [0.1, 0.15) is 11.5 Å². The minimum atomic E-state index is -0.599. The summed E-state index contributed by atoms with van der Waals surface area (Å²) in [5, 5.41) is 10.3. The van der Waals surface area contributed by atoms with Crippen LogP contribution in [0.4, 0.5) is 0 Å². The van der Waals surface area contributed by atoms with Crippen molar-refractivity contribution >= 4 is 0 Å². The van der Waals surface area contributed by atoms with Crippen LogP contribution in [0.3, 0.4) is 0 Å². The summed E-state index contributed by atoms with van der Waals surface area (Å²) >= 11 is 0. The Hall–Kier alpha value is -1.84. The normalized spacial score (nSPS) is 14.5. The maximum absolute atomic E-state index is 10.3. The Morgan fingerprint density at radius 1 is 0.905 bits per heavy atom. The molecule has 2 aromatic carbocycles. The third-order valence-electron chi connectivity index (χ3n) is 3.47. The van der Waals surface area contributed by atoms with E-state index in [0.717, 1.165) is 17.1 Å². The number of ether oxygens (including phenoxy) is 1. The maximum Gasteiger partial charge on any atom is 0.127 e. The molecule has 3 nitrogen and oxygen atoms in total. The van der Waals surface area contributed by atoms with Crippen LogP contribution in [0.15, 0.2) is 54.6 Å². The molecule has 0 aromatic heterocycles. The van der Waals surface area contributed by atoms with Gasteiger partial charge in [0.2, 0.25) is 0 Å². The molecule has 0 spiro atoms. The summed E-state index contributed by atoms with van der Waals surface area (Å²) in [5.74, 6) is 1.55. The number of nitrogens with two attached hydrogens (primary N) is 1. The van der Waals surface area contributed by atoms with Crippen molar-refractivity contribution in [1.82, 2.24) is 0 Å². The zero-order chi connectivity index (χ0) is 15.5. The van der Waals surface area contributed by atoms with E-state index in [2.05, 4.69) is 0 Å². The lowest BCUT2D eigenvalue weighted by atomic mass is 9.82. The second kappa shape index (κ2) is 6.29. The van der Waals surface area contributed by atoms with Crippen molar-refractivity contribution in [2.45, 2.75) is 32.9 Å². The minimum Gasteiger partial charge on any atom is -0.457 e. The molecule has 0 bridgehead atoms. The highest BCUT2D eigenvalue weighted by Crippen LogP contribution is 2.30. The predicted octanol–water partition coefficient (Wildman–Crippen LogP) is 3.89. The van der Waals surface area contributed by atoms with Gasteiger partial charge in [0.15, 0.2) is 0 Å². The smallest absolute Gasteiger partial charge is 0.127 e. The van der Waals surface area contributed by atoms with E-state index in [1.54, 1.807) is 0 Å². The molecule has 0 amide bonds. The SMILES string of the molecule is CC(C)(C)[C@@H](O)[C@@H](N)c1ccc(Oc2ccccc2)cc1. The van der Waals surface area contributed by atoms with Gasteiger partial charge in [-0.2, -0.15) is 0 Å². The van der Waals surface area contributed by atoms with Crippen molar-refractivity contribution in [2.24, 2.45) is 11.1 Å². The summed E-state index contributed by atoms with van der Waals surface area (Å²) in [6.45, 7) is 5.93. The minimum absolute atomic E-state index is 0.251. The van der Waals surface area contributed by atoms with Gasteiger partial charge < -0.3 is 15.6 Å². The molecule has 2 aromatic rings. The van der Waals surface area contributed by atoms with Crippen LogP contribution in [0, 0.1) is 5.41 Å². The summed E-state index contributed by atoms with van der Waals surface area (Å²) < 4.78 is 5.74. The first kappa shape index (κ1) is 15.5. The van der Waals surface area contributed by atoms with E-state index in [9.17, 15) is 5.11 Å². The molecule has 0 aliphatic rings. The van der Waals surface area contributed by atoms with Gasteiger partial charge in [-0.05, 0) is 35.2 Å². The summed E-state index contributed by atoms with van der Waals surface area (Å²) in [4.78, 5) is 0. The van der Waals surface area contributed by atoms with Gasteiger partial charge in [-0.3, -0.25) is 0 Å². The molecule has 0 fully saturated rings. The summed E-state index contributed by atoms with van der Waals surface area (Å²) in [6, 6.07) is 16.8. The average Bonchev–Trinajstić information content (AvgIpc) is 2.46. The van der Waals surface area contributed by atoms with Crippen molar-refractivity contribution in [3.8, 4) is 11.5 Å². The maximum atomic E-state index is 10.3. The lowest BCUT2D eigenvalue weighted by Gasteiger charge is -2.31. The molecule has 0 saturated heterocycles. The fourth-order valence-electron chi connectivity index (χ4n) is 2.10. The number of aliphatic hydroxyl groups is 1. The Morgan fingerprint density at radius 2 is 1.43 bits per heavy atom. The van der Waals surface area contributed by atoms with Gasteiger partial charge in [-0.15, -0.1) is 0 Å². The lowest BCUT2D eigenvalue weighted by Crippen LogP contribution is -2.36. The van der Waals surface area contributed by atoms with Gasteiger partial charge in [0, 0.05) is 0 Å². The van der Waals surface area contributed by atoms with Crippen LogP contribution in [-0.2, 0) is 0 Å². The highest BCUT2D eigenvalue weighted by molar-refractivity contribution is 5.34. The molecule has 0 saturated carbocycles. The molecule has 112 valence electrons. The van der Waals surface area contributed by atoms with Crippen molar-refractivity contribution < 1.29 is 9.84 Å². The highest BCUT2D eigenvalue weighted by Gasteiger charge is 2.28. The van der Waals surface area contributed by atoms with Crippen LogP contribution in [0.25, 0.3) is 0 Å². The quantitative estimate of drug-likeness (QED) is 0.896. The van der Waals surface area contributed by atoms with Crippen LogP contribution >= 0.6 is 0 Å². The molecular weight excluding hydrogens is 262 g/mol. The number of hydrogen-bond donors (Lipinski definition) is 2. The van der Waals surface area contributed by atoms with E-state index < -0.39 is 12.1 Å². The van der Waals surface area contributed by atoms with E-state index in [1.807, 2.05) is 75.4 Å². The summed E-state index contributed by atoms with van der Waals surface area (Å²) in [6.07, 6.45) is -0.599. The molecule has 0 aliphatic heterocycles. The summed E-state index contributed by atoms with van der Waals surface area (Å²) in [7, 11) is 0. The van der Waals surface area contributed by atoms with Crippen molar-refractivity contribution in [2.75, 3.05) is 0 Å². The monoisotopic (exact) mass is 285 g/mol. The number of aliphatic hydroxyl groups excluding tert-OH is 1. The van der Waals surface area contributed by atoms with Gasteiger partial charge in [-0.25, -0.2) is 0 Å². The Morgan fingerprint density at radius 3 is 1.95 bits per heavy atom. The molecular formula is C18H23NO2. The van der Waals surface area contributed by atoms with Crippen LogP contribution < -0.4 is 10.5 Å². The first-order valence-electron chi connectivity index (χ1n) is 7.14. The van der Waals surface area contributed by atoms with Crippen LogP contribution in [0.5, 0.6) is 11.5 Å². The third-order valence-corrected chi connectivity index (χ3v) is 3.47. The third kappa shape index (κ3) is 4.06. The zero-order valence-corrected chi connectivity index (χ0v) is 12.8. The Bertz CT molecular complexity index is 558. The molecule has 2 rings (SSSR count). The Kier molecular flexibility index (Phi) is 4.66. The first-order valence-corrected chi connectivity index (χ1v) is 7.14. The molecule has 0 unspecified atom stereocenters. The van der Waals surface area contributed by atoms with Crippen molar-refractivity contribution in [1.29, 1.82) is 0 Å². The molecule has 21 heavy (non-hydrogen) atoms. The fourth-order valence-corrected chi connectivity index (χ4v) is 2.10. The first-order chi connectivity index (χ1) is 9.88. The number of para-hydroxylation sites is 1. The van der Waals surface area contributed by atoms with Crippen LogP contribution in [0.2, 0.25) is 0 Å². The molecule has 2 atom stereocenters. The van der Waals surface area contributed by atoms with E-state index in [-0.39, 0.29) is 5.41 Å². The second-order valence-corrected chi connectivity index (χ2v) is 6.32. The second-order valence-electron chi connectivity index (χ2n) is 6.32. The molecule has 0 radical (unpaired) electrons. The Labute approximate surface area is 126 Å². The van der Waals surface area contributed by atoms with Gasteiger partial charge in [0.05, 0.1) is 12.1 Å². The number of hydrogen-bond acceptors (Lipinski definition) is 3. The largest absolute Gasteiger partial charge is 0.457 e. The predicted molar refractivity (Wildman–Crippen MR) is 85.3 cm³/mol. The van der Waals surface area contributed by atoms with Gasteiger partial charge in [-0.1, -0.05) is 51.1 Å². The van der Waals surface area contributed by atoms with Crippen LogP contribution in [0.1, 0.15) is 32.4 Å². The summed E-state index contributed by atoms with van der Waals surface area (Å²) in [5.41, 5.74) is 6.79. The van der Waals surface area contributed by atoms with E-state index >= 15 is 0 Å². The fraction of sp³-hybridized carbons (Fsp3) is 0.333. The molecule has 0 aliphatic carbocycles. The molecule has 3 N–H and O–H groups in total. The van der Waals surface area contributed by atoms with Crippen molar-refractivity contribution in [3.05, 3.63) is 60.2 Å². The van der Waals surface area contributed by atoms with E-state index in [1.165, 1.54) is 0 Å². The average molecular weight is 285 g/mol. The van der Waals surface area contributed by atoms with Gasteiger partial charge in [0.25, 0.3) is 0 Å². The number of rotatable bonds is 4. The van der Waals surface area contributed by atoms with Gasteiger partial charge >= 0.3 is 0 Å². The topological polar surface area (TPSA) is 55.5 Å². The highest BCUT2D eigenvalue weighted by atomic mass is 16.5.